The van der Waals surface area contributed by atoms with E-state index in [2.05, 4.69) is 13.8 Å². The summed E-state index contributed by atoms with van der Waals surface area (Å²) in [6.45, 7) is 8.35. The van der Waals surface area contributed by atoms with Gasteiger partial charge >= 0.3 is 5.97 Å². The van der Waals surface area contributed by atoms with Crippen LogP contribution in [0, 0.1) is 6.92 Å². The molecule has 1 rings (SSSR count). The molecule has 2 heteroatoms. The number of hydrogen-bond donors (Lipinski definition) is 0. The zero-order valence-electron chi connectivity index (χ0n) is 9.83. The molecule has 0 aliphatic carbocycles. The normalized spacial score (nSPS) is 10.5. The lowest BCUT2D eigenvalue weighted by atomic mass is 9.94. The summed E-state index contributed by atoms with van der Waals surface area (Å²) in [4.78, 5) is 11.8. The maximum Gasteiger partial charge on any atom is 0.338 e. The van der Waals surface area contributed by atoms with Gasteiger partial charge in [-0.2, -0.15) is 0 Å². The molecule has 0 aliphatic rings. The third-order valence-electron chi connectivity index (χ3n) is 2.41. The number of carbonyl (C=O) groups is 1. The second-order valence-electron chi connectivity index (χ2n) is 3.91. The fourth-order valence-electron chi connectivity index (χ4n) is 1.65. The number of ether oxygens (including phenoxy) is 1. The van der Waals surface area contributed by atoms with Crippen molar-refractivity contribution < 1.29 is 9.53 Å². The fraction of sp³-hybridized carbons (Fsp3) is 0.462. The van der Waals surface area contributed by atoms with Gasteiger partial charge in [0.1, 0.15) is 0 Å². The van der Waals surface area contributed by atoms with Crippen molar-refractivity contribution in [3.05, 3.63) is 34.9 Å². The Kier molecular flexibility index (Phi) is 3.89. The van der Waals surface area contributed by atoms with Gasteiger partial charge < -0.3 is 4.74 Å². The summed E-state index contributed by atoms with van der Waals surface area (Å²) in [6.07, 6.45) is 0. The highest BCUT2D eigenvalue weighted by Gasteiger charge is 2.16. The van der Waals surface area contributed by atoms with Crippen LogP contribution in [-0.2, 0) is 4.74 Å². The Morgan fingerprint density at radius 2 is 2.07 bits per heavy atom. The smallest absolute Gasteiger partial charge is 0.338 e. The number of benzene rings is 1. The first-order valence-corrected chi connectivity index (χ1v) is 5.34. The molecule has 0 unspecified atom stereocenters. The molecule has 0 N–H and O–H groups in total. The van der Waals surface area contributed by atoms with Crippen LogP contribution in [0.5, 0.6) is 0 Å². The minimum absolute atomic E-state index is 0.209. The van der Waals surface area contributed by atoms with Crippen molar-refractivity contribution >= 4 is 5.97 Å². The van der Waals surface area contributed by atoms with Crippen LogP contribution in [0.4, 0.5) is 0 Å². The summed E-state index contributed by atoms with van der Waals surface area (Å²) >= 11 is 0. The zero-order valence-corrected chi connectivity index (χ0v) is 9.83. The number of esters is 1. The minimum Gasteiger partial charge on any atom is -0.462 e. The monoisotopic (exact) mass is 206 g/mol. The van der Waals surface area contributed by atoms with Gasteiger partial charge in [0.15, 0.2) is 0 Å². The molecule has 0 aliphatic heterocycles. The van der Waals surface area contributed by atoms with Crippen LogP contribution in [0.2, 0.25) is 0 Å². The third kappa shape index (κ3) is 2.58. The van der Waals surface area contributed by atoms with Crippen molar-refractivity contribution in [3.63, 3.8) is 0 Å². The second kappa shape index (κ2) is 4.96. The number of rotatable bonds is 3. The number of hydrogen-bond acceptors (Lipinski definition) is 2. The molecule has 2 nitrogen and oxygen atoms in total. The maximum atomic E-state index is 11.8. The average molecular weight is 206 g/mol. The zero-order chi connectivity index (χ0) is 11.4. The highest BCUT2D eigenvalue weighted by Crippen LogP contribution is 2.23. The molecular weight excluding hydrogens is 188 g/mol. The lowest BCUT2D eigenvalue weighted by molar-refractivity contribution is 0.0524. The Hall–Kier alpha value is -1.31. The fourth-order valence-corrected chi connectivity index (χ4v) is 1.65. The molecule has 0 saturated heterocycles. The Morgan fingerprint density at radius 3 is 2.60 bits per heavy atom. The highest BCUT2D eigenvalue weighted by molar-refractivity contribution is 5.92. The van der Waals surface area contributed by atoms with E-state index in [1.807, 2.05) is 32.0 Å². The lowest BCUT2D eigenvalue weighted by Gasteiger charge is -2.13. The van der Waals surface area contributed by atoms with Gasteiger partial charge in [0.25, 0.3) is 0 Å². The molecule has 82 valence electrons. The van der Waals surface area contributed by atoms with E-state index in [1.165, 1.54) is 0 Å². The number of aryl methyl sites for hydroxylation is 1. The summed E-state index contributed by atoms with van der Waals surface area (Å²) in [5.74, 6) is 0.128. The first-order chi connectivity index (χ1) is 7.07. The predicted molar refractivity (Wildman–Crippen MR) is 61.2 cm³/mol. The highest BCUT2D eigenvalue weighted by atomic mass is 16.5. The molecule has 0 amide bonds. The van der Waals surface area contributed by atoms with Crippen LogP contribution in [0.1, 0.15) is 48.2 Å². The quantitative estimate of drug-likeness (QED) is 0.709. The van der Waals surface area contributed by atoms with E-state index < -0.39 is 0 Å². The lowest BCUT2D eigenvalue weighted by Crippen LogP contribution is -2.11. The van der Waals surface area contributed by atoms with Gasteiger partial charge in [-0.25, -0.2) is 4.79 Å². The molecule has 1 aromatic rings. The maximum absolute atomic E-state index is 11.8. The molecule has 0 radical (unpaired) electrons. The Morgan fingerprint density at radius 1 is 1.40 bits per heavy atom. The molecule has 0 fully saturated rings. The average Bonchev–Trinajstić information content (AvgIpc) is 2.17. The van der Waals surface area contributed by atoms with Crippen molar-refractivity contribution in [1.82, 2.24) is 0 Å². The van der Waals surface area contributed by atoms with Gasteiger partial charge in [-0.15, -0.1) is 0 Å². The van der Waals surface area contributed by atoms with E-state index in [0.29, 0.717) is 12.5 Å². The van der Waals surface area contributed by atoms with Crippen LogP contribution >= 0.6 is 0 Å². The Labute approximate surface area is 91.3 Å². The van der Waals surface area contributed by atoms with Crippen molar-refractivity contribution in [2.45, 2.75) is 33.6 Å². The van der Waals surface area contributed by atoms with Crippen LogP contribution in [0.25, 0.3) is 0 Å². The van der Waals surface area contributed by atoms with E-state index >= 15 is 0 Å². The summed E-state index contributed by atoms with van der Waals surface area (Å²) in [5, 5.41) is 0. The third-order valence-corrected chi connectivity index (χ3v) is 2.41. The second-order valence-corrected chi connectivity index (χ2v) is 3.91. The van der Waals surface area contributed by atoms with Gasteiger partial charge in [-0.3, -0.25) is 0 Å². The van der Waals surface area contributed by atoms with Gasteiger partial charge in [-0.05, 0) is 30.9 Å². The summed E-state index contributed by atoms with van der Waals surface area (Å²) in [6, 6.07) is 5.91. The van der Waals surface area contributed by atoms with Crippen molar-refractivity contribution in [2.24, 2.45) is 0 Å². The van der Waals surface area contributed by atoms with Gasteiger partial charge in [0, 0.05) is 0 Å². The van der Waals surface area contributed by atoms with Crippen LogP contribution < -0.4 is 0 Å². The van der Waals surface area contributed by atoms with Crippen molar-refractivity contribution in [2.75, 3.05) is 6.61 Å². The molecule has 0 aromatic heterocycles. The summed E-state index contributed by atoms with van der Waals surface area (Å²) in [5.41, 5.74) is 2.78. The van der Waals surface area contributed by atoms with E-state index in [1.54, 1.807) is 0 Å². The Bertz CT molecular complexity index is 354. The SMILES string of the molecule is CCOC(=O)c1c(C)cccc1C(C)C. The first kappa shape index (κ1) is 11.8. The molecule has 0 saturated carbocycles. The molecule has 1 aromatic carbocycles. The molecule has 0 heterocycles. The summed E-state index contributed by atoms with van der Waals surface area (Å²) < 4.78 is 5.06. The van der Waals surface area contributed by atoms with Gasteiger partial charge in [-0.1, -0.05) is 32.0 Å². The van der Waals surface area contributed by atoms with Gasteiger partial charge in [0.05, 0.1) is 12.2 Å². The van der Waals surface area contributed by atoms with Crippen molar-refractivity contribution in [3.8, 4) is 0 Å². The molecular formula is C13H18O2. The van der Waals surface area contributed by atoms with Crippen LogP contribution in [0.3, 0.4) is 0 Å². The molecule has 0 spiro atoms. The van der Waals surface area contributed by atoms with E-state index in [-0.39, 0.29) is 5.97 Å². The standard InChI is InChI=1S/C13H18O2/c1-5-15-13(14)12-10(4)7-6-8-11(12)9(2)3/h6-9H,5H2,1-4H3. The largest absolute Gasteiger partial charge is 0.462 e. The van der Waals surface area contributed by atoms with E-state index in [9.17, 15) is 4.79 Å². The first-order valence-electron chi connectivity index (χ1n) is 5.34. The topological polar surface area (TPSA) is 26.3 Å². The number of carbonyl (C=O) groups excluding carboxylic acids is 1. The summed E-state index contributed by atoms with van der Waals surface area (Å²) in [7, 11) is 0. The molecule has 0 atom stereocenters. The Balaban J connectivity index is 3.18. The van der Waals surface area contributed by atoms with E-state index in [4.69, 9.17) is 4.74 Å². The van der Waals surface area contributed by atoms with Crippen molar-refractivity contribution in [1.29, 1.82) is 0 Å². The van der Waals surface area contributed by atoms with Crippen LogP contribution in [0.15, 0.2) is 18.2 Å². The molecule has 0 bridgehead atoms. The van der Waals surface area contributed by atoms with Crippen LogP contribution in [-0.4, -0.2) is 12.6 Å². The van der Waals surface area contributed by atoms with Gasteiger partial charge in [0.2, 0.25) is 0 Å². The minimum atomic E-state index is -0.209. The van der Waals surface area contributed by atoms with E-state index in [0.717, 1.165) is 16.7 Å². The predicted octanol–water partition coefficient (Wildman–Crippen LogP) is 3.30. The molecule has 15 heavy (non-hydrogen) atoms.